The van der Waals surface area contributed by atoms with Crippen molar-refractivity contribution in [3.8, 4) is 17.2 Å². The number of esters is 2. The summed E-state index contributed by atoms with van der Waals surface area (Å²) in [5.74, 6) is -2.95. The molecule has 124 valence electrons. The molecule has 1 saturated heterocycles. The van der Waals surface area contributed by atoms with E-state index < -0.39 is 17.7 Å². The second-order valence-electron chi connectivity index (χ2n) is 5.10. The van der Waals surface area contributed by atoms with E-state index in [1.54, 1.807) is 0 Å². The van der Waals surface area contributed by atoms with E-state index >= 15 is 0 Å². The third-order valence-corrected chi connectivity index (χ3v) is 3.61. The van der Waals surface area contributed by atoms with Crippen LogP contribution < -0.4 is 9.47 Å². The van der Waals surface area contributed by atoms with Crippen LogP contribution in [0, 0.1) is 0 Å². The molecule has 7 nitrogen and oxygen atoms in total. The Kier molecular flexibility index (Phi) is 4.56. The summed E-state index contributed by atoms with van der Waals surface area (Å²) in [4.78, 5) is 23.9. The molecule has 0 spiro atoms. The van der Waals surface area contributed by atoms with Crippen LogP contribution >= 0.6 is 15.9 Å². The van der Waals surface area contributed by atoms with Gasteiger partial charge in [-0.25, -0.2) is 9.59 Å². The monoisotopic (exact) mass is 386 g/mol. The average Bonchev–Trinajstić information content (AvgIpc) is 2.44. The van der Waals surface area contributed by atoms with E-state index in [9.17, 15) is 14.7 Å². The van der Waals surface area contributed by atoms with Crippen molar-refractivity contribution in [2.45, 2.75) is 19.6 Å². The van der Waals surface area contributed by atoms with E-state index in [-0.39, 0.29) is 28.4 Å². The number of hydrogen-bond donors (Lipinski definition) is 1. The standard InChI is InChI=1S/C15H15BrO7/c1-15(2)22-13(18)8(14(19)23-15)5-7-6-9(16)11(20-3)12(21-4)10(7)17/h5-6,17H,1-4H3. The van der Waals surface area contributed by atoms with Gasteiger partial charge in [0.2, 0.25) is 5.75 Å². The summed E-state index contributed by atoms with van der Waals surface area (Å²) in [7, 11) is 2.77. The first-order valence-electron chi connectivity index (χ1n) is 6.52. The van der Waals surface area contributed by atoms with Crippen molar-refractivity contribution < 1.29 is 33.6 Å². The Bertz CT molecular complexity index is 684. The van der Waals surface area contributed by atoms with Crippen molar-refractivity contribution in [1.29, 1.82) is 0 Å². The zero-order chi connectivity index (χ0) is 17.4. The summed E-state index contributed by atoms with van der Waals surface area (Å²) >= 11 is 3.27. The number of benzene rings is 1. The van der Waals surface area contributed by atoms with Gasteiger partial charge in [-0.2, -0.15) is 0 Å². The number of cyclic esters (lactones) is 2. The molecule has 0 atom stereocenters. The highest BCUT2D eigenvalue weighted by molar-refractivity contribution is 9.10. The molecule has 1 heterocycles. The highest BCUT2D eigenvalue weighted by atomic mass is 79.9. The zero-order valence-corrected chi connectivity index (χ0v) is 14.5. The lowest BCUT2D eigenvalue weighted by atomic mass is 10.1. The van der Waals surface area contributed by atoms with Gasteiger partial charge in [0.15, 0.2) is 11.5 Å². The molecule has 0 aromatic heterocycles. The number of carbonyl (C=O) groups excluding carboxylic acids is 2. The van der Waals surface area contributed by atoms with E-state index in [0.29, 0.717) is 4.47 Å². The van der Waals surface area contributed by atoms with Gasteiger partial charge in [-0.05, 0) is 28.1 Å². The minimum absolute atomic E-state index is 0.0617. The van der Waals surface area contributed by atoms with Crippen LogP contribution in [0.15, 0.2) is 16.1 Å². The second kappa shape index (κ2) is 6.11. The van der Waals surface area contributed by atoms with Crippen LogP contribution in [0.1, 0.15) is 19.4 Å². The fraction of sp³-hybridized carbons (Fsp3) is 0.333. The van der Waals surface area contributed by atoms with E-state index in [2.05, 4.69) is 15.9 Å². The molecule has 1 fully saturated rings. The van der Waals surface area contributed by atoms with Crippen LogP contribution in [0.2, 0.25) is 0 Å². The molecule has 23 heavy (non-hydrogen) atoms. The number of hydrogen-bond acceptors (Lipinski definition) is 7. The minimum atomic E-state index is -1.33. The third kappa shape index (κ3) is 3.26. The number of phenolic OH excluding ortho intramolecular Hbond substituents is 1. The van der Waals surface area contributed by atoms with Gasteiger partial charge >= 0.3 is 11.9 Å². The number of phenols is 1. The van der Waals surface area contributed by atoms with Crippen LogP contribution in [-0.2, 0) is 19.1 Å². The fourth-order valence-corrected chi connectivity index (χ4v) is 2.63. The third-order valence-electron chi connectivity index (χ3n) is 3.02. The maximum absolute atomic E-state index is 12.0. The maximum atomic E-state index is 12.0. The average molecular weight is 387 g/mol. The van der Waals surface area contributed by atoms with Crippen molar-refractivity contribution in [3.05, 3.63) is 21.7 Å². The molecule has 1 aromatic rings. The number of rotatable bonds is 3. The molecule has 0 radical (unpaired) electrons. The summed E-state index contributed by atoms with van der Waals surface area (Å²) in [5, 5.41) is 10.3. The number of aromatic hydroxyl groups is 1. The Labute approximate surface area is 140 Å². The molecular weight excluding hydrogens is 372 g/mol. The quantitative estimate of drug-likeness (QED) is 0.484. The molecule has 1 aliphatic heterocycles. The summed E-state index contributed by atoms with van der Waals surface area (Å²) in [5.41, 5.74) is -0.170. The predicted molar refractivity (Wildman–Crippen MR) is 83.2 cm³/mol. The van der Waals surface area contributed by atoms with E-state index in [4.69, 9.17) is 18.9 Å². The largest absolute Gasteiger partial charge is 0.504 e. The number of halogens is 1. The maximum Gasteiger partial charge on any atom is 0.348 e. The molecule has 0 bridgehead atoms. The van der Waals surface area contributed by atoms with Gasteiger partial charge in [0, 0.05) is 19.4 Å². The van der Waals surface area contributed by atoms with Crippen molar-refractivity contribution >= 4 is 33.9 Å². The van der Waals surface area contributed by atoms with Crippen molar-refractivity contribution in [2.75, 3.05) is 14.2 Å². The lowest BCUT2D eigenvalue weighted by Gasteiger charge is -2.29. The molecule has 2 rings (SSSR count). The van der Waals surface area contributed by atoms with Crippen LogP contribution in [0.5, 0.6) is 17.2 Å². The van der Waals surface area contributed by atoms with Gasteiger partial charge in [0.1, 0.15) is 5.57 Å². The molecule has 0 aliphatic carbocycles. The topological polar surface area (TPSA) is 91.3 Å². The Hall–Kier alpha value is -2.22. The normalized spacial score (nSPS) is 16.5. The Morgan fingerprint density at radius 2 is 1.65 bits per heavy atom. The number of carbonyl (C=O) groups is 2. The molecule has 0 unspecified atom stereocenters. The number of ether oxygens (including phenoxy) is 4. The van der Waals surface area contributed by atoms with Gasteiger partial charge in [0.25, 0.3) is 5.79 Å². The summed E-state index contributed by atoms with van der Waals surface area (Å²) < 4.78 is 20.7. The minimum Gasteiger partial charge on any atom is -0.504 e. The lowest BCUT2D eigenvalue weighted by molar-refractivity contribution is -0.222. The Balaban J connectivity index is 2.53. The first-order chi connectivity index (χ1) is 10.7. The summed E-state index contributed by atoms with van der Waals surface area (Å²) in [6.07, 6.45) is 1.17. The molecular formula is C15H15BrO7. The van der Waals surface area contributed by atoms with E-state index in [1.165, 1.54) is 40.2 Å². The van der Waals surface area contributed by atoms with E-state index in [1.807, 2.05) is 0 Å². The molecule has 1 aromatic carbocycles. The highest BCUT2D eigenvalue weighted by Crippen LogP contribution is 2.45. The van der Waals surface area contributed by atoms with Gasteiger partial charge in [-0.3, -0.25) is 0 Å². The Morgan fingerprint density at radius 1 is 1.13 bits per heavy atom. The lowest BCUT2D eigenvalue weighted by Crippen LogP contribution is -2.41. The van der Waals surface area contributed by atoms with Crippen LogP contribution in [0.3, 0.4) is 0 Å². The van der Waals surface area contributed by atoms with Crippen LogP contribution in [0.25, 0.3) is 6.08 Å². The Morgan fingerprint density at radius 3 is 2.13 bits per heavy atom. The fourth-order valence-electron chi connectivity index (χ4n) is 2.04. The van der Waals surface area contributed by atoms with Gasteiger partial charge < -0.3 is 24.1 Å². The van der Waals surface area contributed by atoms with Crippen LogP contribution in [0.4, 0.5) is 0 Å². The zero-order valence-electron chi connectivity index (χ0n) is 12.9. The SMILES string of the molecule is COc1c(Br)cc(C=C2C(=O)OC(C)(C)OC2=O)c(O)c1OC. The molecule has 1 aliphatic rings. The van der Waals surface area contributed by atoms with Crippen LogP contribution in [-0.4, -0.2) is 37.1 Å². The molecule has 1 N–H and O–H groups in total. The summed E-state index contributed by atoms with van der Waals surface area (Å²) in [6.45, 7) is 2.90. The molecule has 0 amide bonds. The smallest absolute Gasteiger partial charge is 0.348 e. The first-order valence-corrected chi connectivity index (χ1v) is 7.31. The number of methoxy groups -OCH3 is 2. The second-order valence-corrected chi connectivity index (χ2v) is 5.95. The molecule has 0 saturated carbocycles. The molecule has 8 heteroatoms. The summed E-state index contributed by atoms with van der Waals surface area (Å²) in [6, 6.07) is 1.48. The first kappa shape index (κ1) is 17.1. The highest BCUT2D eigenvalue weighted by Gasteiger charge is 2.39. The van der Waals surface area contributed by atoms with E-state index in [0.717, 1.165) is 0 Å². The van der Waals surface area contributed by atoms with Gasteiger partial charge in [0.05, 0.1) is 18.7 Å². The van der Waals surface area contributed by atoms with Crippen molar-refractivity contribution in [3.63, 3.8) is 0 Å². The predicted octanol–water partition coefficient (Wildman–Crippen LogP) is 2.39. The van der Waals surface area contributed by atoms with Crippen molar-refractivity contribution in [1.82, 2.24) is 0 Å². The van der Waals surface area contributed by atoms with Crippen molar-refractivity contribution in [2.24, 2.45) is 0 Å². The van der Waals surface area contributed by atoms with Gasteiger partial charge in [-0.15, -0.1) is 0 Å². The van der Waals surface area contributed by atoms with Gasteiger partial charge in [-0.1, -0.05) is 0 Å².